The van der Waals surface area contributed by atoms with Crippen LogP contribution in [0.2, 0.25) is 0 Å². The zero-order valence-corrected chi connectivity index (χ0v) is 7.66. The van der Waals surface area contributed by atoms with Gasteiger partial charge in [0, 0.05) is 0 Å². The summed E-state index contributed by atoms with van der Waals surface area (Å²) >= 11 is 0. The van der Waals surface area contributed by atoms with Crippen LogP contribution in [0.1, 0.15) is 26.7 Å². The monoisotopic (exact) mass is 248 g/mol. The summed E-state index contributed by atoms with van der Waals surface area (Å²) in [6, 6.07) is 0. The molecule has 0 heterocycles. The molecule has 0 amide bonds. The minimum absolute atomic E-state index is 0. The van der Waals surface area contributed by atoms with E-state index in [0.29, 0.717) is 0 Å². The second-order valence-corrected chi connectivity index (χ2v) is 1.000. The Morgan fingerprint density at radius 2 is 1.00 bits per heavy atom. The molecule has 0 unspecified atom stereocenters. The number of hydrogen-bond donors (Lipinski definition) is 0. The Kier molecular flexibility index (Phi) is 87.4. The van der Waals surface area contributed by atoms with Crippen molar-refractivity contribution in [3.8, 4) is 0 Å². The Balaban J connectivity index is -0.0000000150. The maximum atomic E-state index is 2.18. The minimum atomic E-state index is 0. The minimum Gasteiger partial charge on any atom is -0.114 e. The molecule has 0 atom stereocenters. The zero-order chi connectivity index (χ0) is 3.41. The molecule has 0 radical (unpaired) electrons. The van der Waals surface area contributed by atoms with Gasteiger partial charge in [-0.3, -0.25) is 0 Å². The van der Waals surface area contributed by atoms with Gasteiger partial charge in [-0.05, 0) is 0 Å². The van der Waals surface area contributed by atoms with Gasteiger partial charge in [0.1, 0.15) is 0 Å². The van der Waals surface area contributed by atoms with E-state index in [1.807, 2.05) is 0 Å². The molecule has 0 rings (SSSR count). The second-order valence-electron chi connectivity index (χ2n) is 1.000. The third kappa shape index (κ3) is 36.4. The summed E-state index contributed by atoms with van der Waals surface area (Å²) in [4.78, 5) is 0. The standard InChI is InChI=1S/C4H10.Al.2BrH.3H/c1-3-4-2;;;;;;/h3-4H2,1-2H3;;2*1H;;;. The van der Waals surface area contributed by atoms with Crippen molar-refractivity contribution < 1.29 is 0 Å². The Morgan fingerprint density at radius 1 is 0.857 bits per heavy atom. The zero-order valence-electron chi connectivity index (χ0n) is 4.23. The molecule has 0 aliphatic carbocycles. The van der Waals surface area contributed by atoms with Crippen LogP contribution in [0.5, 0.6) is 0 Å². The van der Waals surface area contributed by atoms with Gasteiger partial charge in [-0.1, -0.05) is 26.7 Å². The van der Waals surface area contributed by atoms with E-state index in [2.05, 4.69) is 13.8 Å². The average molecular weight is 250 g/mol. The van der Waals surface area contributed by atoms with Crippen LogP contribution in [0, 0.1) is 0 Å². The summed E-state index contributed by atoms with van der Waals surface area (Å²) in [5.74, 6) is 0. The first-order valence-corrected chi connectivity index (χ1v) is 1.91. The van der Waals surface area contributed by atoms with E-state index >= 15 is 0 Å². The van der Waals surface area contributed by atoms with Crippen LogP contribution in [0.4, 0.5) is 0 Å². The predicted octanol–water partition coefficient (Wildman–Crippen LogP) is 1.78. The van der Waals surface area contributed by atoms with Crippen molar-refractivity contribution in [1.82, 2.24) is 0 Å². The summed E-state index contributed by atoms with van der Waals surface area (Å²) in [6.07, 6.45) is 2.64. The van der Waals surface area contributed by atoms with Crippen LogP contribution in [0.3, 0.4) is 0 Å². The summed E-state index contributed by atoms with van der Waals surface area (Å²) in [7, 11) is 0. The average Bonchev–Trinajstić information content (AvgIpc) is 1.37. The van der Waals surface area contributed by atoms with Gasteiger partial charge in [0.05, 0.1) is 0 Å². The highest BCUT2D eigenvalue weighted by molar-refractivity contribution is 8.93. The molecular formula is C4H15AlBr2. The van der Waals surface area contributed by atoms with Crippen molar-refractivity contribution >= 4 is 51.3 Å². The highest BCUT2D eigenvalue weighted by atomic mass is 79.9. The van der Waals surface area contributed by atoms with E-state index in [4.69, 9.17) is 0 Å². The fourth-order valence-electron chi connectivity index (χ4n) is 0. The first kappa shape index (κ1) is 23.6. The Bertz CT molecular complexity index is 11.7. The first-order chi connectivity index (χ1) is 1.91. The lowest BCUT2D eigenvalue weighted by Gasteiger charge is -1.68. The smallest absolute Gasteiger partial charge is 0.114 e. The molecule has 0 nitrogen and oxygen atoms in total. The largest absolute Gasteiger partial charge is 0.187 e. The maximum Gasteiger partial charge on any atom is 0.187 e. The predicted molar refractivity (Wildman–Crippen MR) is 51.2 cm³/mol. The Labute approximate surface area is 77.7 Å². The molecule has 0 N–H and O–H groups in total. The first-order valence-electron chi connectivity index (χ1n) is 1.91. The van der Waals surface area contributed by atoms with E-state index in [1.165, 1.54) is 12.8 Å². The van der Waals surface area contributed by atoms with Gasteiger partial charge >= 0.3 is 0 Å². The van der Waals surface area contributed by atoms with Crippen LogP contribution in [-0.4, -0.2) is 17.4 Å². The fourth-order valence-corrected chi connectivity index (χ4v) is 0. The topological polar surface area (TPSA) is 0 Å². The van der Waals surface area contributed by atoms with Crippen molar-refractivity contribution in [1.29, 1.82) is 0 Å². The van der Waals surface area contributed by atoms with Crippen molar-refractivity contribution in [2.45, 2.75) is 26.7 Å². The van der Waals surface area contributed by atoms with E-state index in [0.717, 1.165) is 0 Å². The van der Waals surface area contributed by atoms with E-state index in [9.17, 15) is 0 Å². The molecule has 0 saturated carbocycles. The maximum absolute atomic E-state index is 2.18. The molecule has 0 fully saturated rings. The van der Waals surface area contributed by atoms with Gasteiger partial charge in [0.25, 0.3) is 0 Å². The normalized spacial score (nSPS) is 4.29. The van der Waals surface area contributed by atoms with Gasteiger partial charge in [-0.2, -0.15) is 0 Å². The fraction of sp³-hybridized carbons (Fsp3) is 1.00. The third-order valence-corrected chi connectivity index (χ3v) is 0.500. The molecular weight excluding hydrogens is 235 g/mol. The second kappa shape index (κ2) is 25.9. The molecule has 0 aromatic rings. The summed E-state index contributed by atoms with van der Waals surface area (Å²) in [6.45, 7) is 4.36. The van der Waals surface area contributed by atoms with Crippen molar-refractivity contribution in [2.75, 3.05) is 0 Å². The van der Waals surface area contributed by atoms with E-state index in [1.54, 1.807) is 0 Å². The lowest BCUT2D eigenvalue weighted by atomic mass is 10.4. The number of hydrogen-bond acceptors (Lipinski definition) is 0. The highest BCUT2D eigenvalue weighted by Gasteiger charge is 1.56. The molecule has 0 saturated heterocycles. The molecule has 48 valence electrons. The van der Waals surface area contributed by atoms with Gasteiger partial charge < -0.3 is 0 Å². The number of rotatable bonds is 1. The molecule has 7 heavy (non-hydrogen) atoms. The molecule has 0 aromatic heterocycles. The Morgan fingerprint density at radius 3 is 1.00 bits per heavy atom. The number of unbranched alkanes of at least 4 members (excludes halogenated alkanes) is 1. The SMILES string of the molecule is Br.Br.CCCC.[AlH3]. The summed E-state index contributed by atoms with van der Waals surface area (Å²) in [5.41, 5.74) is 0. The molecule has 0 aliphatic heterocycles. The van der Waals surface area contributed by atoms with E-state index in [-0.39, 0.29) is 51.3 Å². The van der Waals surface area contributed by atoms with Crippen LogP contribution in [0.25, 0.3) is 0 Å². The summed E-state index contributed by atoms with van der Waals surface area (Å²) < 4.78 is 0. The molecule has 0 spiro atoms. The summed E-state index contributed by atoms with van der Waals surface area (Å²) in [5, 5.41) is 0. The van der Waals surface area contributed by atoms with Crippen LogP contribution < -0.4 is 0 Å². The molecule has 0 aliphatic rings. The van der Waals surface area contributed by atoms with Crippen LogP contribution in [-0.2, 0) is 0 Å². The van der Waals surface area contributed by atoms with Gasteiger partial charge in [-0.15, -0.1) is 34.0 Å². The molecule has 0 bridgehead atoms. The third-order valence-electron chi connectivity index (χ3n) is 0.500. The molecule has 0 aromatic carbocycles. The molecule has 3 heteroatoms. The van der Waals surface area contributed by atoms with Crippen LogP contribution in [0.15, 0.2) is 0 Å². The van der Waals surface area contributed by atoms with E-state index < -0.39 is 0 Å². The lowest BCUT2D eigenvalue weighted by molar-refractivity contribution is 0.886. The van der Waals surface area contributed by atoms with Crippen molar-refractivity contribution in [3.05, 3.63) is 0 Å². The quantitative estimate of drug-likeness (QED) is 0.622. The van der Waals surface area contributed by atoms with Gasteiger partial charge in [0.15, 0.2) is 17.4 Å². The van der Waals surface area contributed by atoms with Crippen molar-refractivity contribution in [3.63, 3.8) is 0 Å². The number of halogens is 2. The van der Waals surface area contributed by atoms with Crippen molar-refractivity contribution in [2.24, 2.45) is 0 Å². The van der Waals surface area contributed by atoms with Gasteiger partial charge in [-0.25, -0.2) is 0 Å². The van der Waals surface area contributed by atoms with Crippen LogP contribution >= 0.6 is 34.0 Å². The Hall–Kier alpha value is 1.49. The van der Waals surface area contributed by atoms with Gasteiger partial charge in [0.2, 0.25) is 0 Å². The highest BCUT2D eigenvalue weighted by Crippen LogP contribution is 1.76. The lowest BCUT2D eigenvalue weighted by Crippen LogP contribution is -1.47.